The Balaban J connectivity index is 1.69. The largest absolute Gasteiger partial charge is 0.340 e. The molecule has 0 bridgehead atoms. The Morgan fingerprint density at radius 1 is 1.15 bits per heavy atom. The number of alkyl halides is 1. The molecule has 1 aliphatic heterocycles. The number of nitrogens with one attached hydrogen (secondary N) is 1. The summed E-state index contributed by atoms with van der Waals surface area (Å²) in [6.45, 7) is 2.51. The van der Waals surface area contributed by atoms with Gasteiger partial charge in [-0.15, -0.1) is 0 Å². The van der Waals surface area contributed by atoms with E-state index in [1.54, 1.807) is 17.6 Å². The van der Waals surface area contributed by atoms with E-state index in [0.29, 0.717) is 18.7 Å². The van der Waals surface area contributed by atoms with Crippen molar-refractivity contribution >= 4 is 16.8 Å². The van der Waals surface area contributed by atoms with E-state index in [0.717, 1.165) is 25.1 Å². The standard InChI is InChI=1S/C21H22FN3O2/c22-10-12-24-11-9-20-18(14-24)17-3-1-2-4-19(17)25(20)13-15-5-7-16(8-6-15)21(26)23-27/h1-8,27H,9-14H2,(H,23,26). The number of nitrogens with zero attached hydrogens (tertiary/aromatic N) is 2. The SMILES string of the molecule is O=C(NO)c1ccc(Cn2c3c(c4ccccc42)CN(CCF)CC3)cc1. The van der Waals surface area contributed by atoms with Crippen LogP contribution in [0.1, 0.15) is 27.2 Å². The van der Waals surface area contributed by atoms with Gasteiger partial charge in [-0.05, 0) is 29.3 Å². The van der Waals surface area contributed by atoms with Crippen molar-refractivity contribution in [2.24, 2.45) is 0 Å². The fourth-order valence-corrected chi connectivity index (χ4v) is 3.96. The quantitative estimate of drug-likeness (QED) is 0.538. The second kappa shape index (κ2) is 7.50. The van der Waals surface area contributed by atoms with Crippen LogP contribution in [-0.2, 0) is 19.5 Å². The molecule has 0 atom stereocenters. The summed E-state index contributed by atoms with van der Waals surface area (Å²) < 4.78 is 15.1. The average molecular weight is 367 g/mol. The van der Waals surface area contributed by atoms with Crippen LogP contribution in [0.4, 0.5) is 4.39 Å². The number of halogens is 1. The predicted octanol–water partition coefficient (Wildman–Crippen LogP) is 3.14. The lowest BCUT2D eigenvalue weighted by atomic mass is 10.0. The molecule has 0 spiro atoms. The number of carbonyl (C=O) groups is 1. The number of hydrogen-bond acceptors (Lipinski definition) is 3. The third-order valence-corrected chi connectivity index (χ3v) is 5.30. The number of amides is 1. The Morgan fingerprint density at radius 2 is 1.93 bits per heavy atom. The van der Waals surface area contributed by atoms with Gasteiger partial charge in [0.25, 0.3) is 5.91 Å². The molecule has 2 heterocycles. The van der Waals surface area contributed by atoms with Crippen molar-refractivity contribution in [2.45, 2.75) is 19.5 Å². The zero-order valence-electron chi connectivity index (χ0n) is 15.0. The molecule has 1 aliphatic rings. The van der Waals surface area contributed by atoms with Gasteiger partial charge in [0.15, 0.2) is 0 Å². The van der Waals surface area contributed by atoms with E-state index in [1.165, 1.54) is 22.2 Å². The van der Waals surface area contributed by atoms with Crippen molar-refractivity contribution in [3.8, 4) is 0 Å². The molecule has 0 fully saturated rings. The molecule has 0 saturated heterocycles. The van der Waals surface area contributed by atoms with Crippen molar-refractivity contribution < 1.29 is 14.4 Å². The minimum absolute atomic E-state index is 0.318. The second-order valence-electron chi connectivity index (χ2n) is 6.88. The number of rotatable bonds is 5. The van der Waals surface area contributed by atoms with Crippen LogP contribution in [0.25, 0.3) is 10.9 Å². The van der Waals surface area contributed by atoms with Crippen LogP contribution in [0.5, 0.6) is 0 Å². The monoisotopic (exact) mass is 367 g/mol. The van der Waals surface area contributed by atoms with Crippen molar-refractivity contribution in [3.63, 3.8) is 0 Å². The maximum atomic E-state index is 12.8. The highest BCUT2D eigenvalue weighted by Crippen LogP contribution is 2.31. The van der Waals surface area contributed by atoms with E-state index in [1.807, 2.05) is 24.3 Å². The van der Waals surface area contributed by atoms with E-state index in [2.05, 4.69) is 21.6 Å². The summed E-state index contributed by atoms with van der Waals surface area (Å²) in [6, 6.07) is 15.6. The lowest BCUT2D eigenvalue weighted by molar-refractivity contribution is 0.0706. The number of hydroxylamine groups is 1. The van der Waals surface area contributed by atoms with Crippen LogP contribution in [0.15, 0.2) is 48.5 Å². The van der Waals surface area contributed by atoms with Gasteiger partial charge in [-0.25, -0.2) is 9.87 Å². The van der Waals surface area contributed by atoms with Gasteiger partial charge in [-0.3, -0.25) is 14.9 Å². The van der Waals surface area contributed by atoms with E-state index in [9.17, 15) is 9.18 Å². The zero-order valence-corrected chi connectivity index (χ0v) is 15.0. The Labute approximate surface area is 157 Å². The van der Waals surface area contributed by atoms with Gasteiger partial charge in [-0.1, -0.05) is 30.3 Å². The second-order valence-corrected chi connectivity index (χ2v) is 6.88. The van der Waals surface area contributed by atoms with Crippen molar-refractivity contribution in [3.05, 3.63) is 70.9 Å². The highest BCUT2D eigenvalue weighted by molar-refractivity contribution is 5.93. The minimum Gasteiger partial charge on any atom is -0.340 e. The molecular formula is C21H22FN3O2. The lowest BCUT2D eigenvalue weighted by Crippen LogP contribution is -2.32. The van der Waals surface area contributed by atoms with E-state index in [-0.39, 0.29) is 6.67 Å². The first-order valence-corrected chi connectivity index (χ1v) is 9.12. The molecule has 1 amide bonds. The van der Waals surface area contributed by atoms with Crippen LogP contribution in [0, 0.1) is 0 Å². The predicted molar refractivity (Wildman–Crippen MR) is 102 cm³/mol. The number of para-hydroxylation sites is 1. The van der Waals surface area contributed by atoms with Crippen LogP contribution in [-0.4, -0.2) is 40.3 Å². The molecule has 4 rings (SSSR count). The normalized spacial score (nSPS) is 14.3. The van der Waals surface area contributed by atoms with E-state index >= 15 is 0 Å². The van der Waals surface area contributed by atoms with Crippen LogP contribution >= 0.6 is 0 Å². The summed E-state index contributed by atoms with van der Waals surface area (Å²) in [5.74, 6) is -0.515. The molecule has 0 radical (unpaired) electrons. The molecular weight excluding hydrogens is 345 g/mol. The third-order valence-electron chi connectivity index (χ3n) is 5.30. The minimum atomic E-state index is -0.515. The zero-order chi connectivity index (χ0) is 18.8. The van der Waals surface area contributed by atoms with E-state index < -0.39 is 5.91 Å². The number of fused-ring (bicyclic) bond motifs is 3. The lowest BCUT2D eigenvalue weighted by Gasteiger charge is -2.27. The molecule has 2 aromatic carbocycles. The fourth-order valence-electron chi connectivity index (χ4n) is 3.96. The molecule has 0 aliphatic carbocycles. The average Bonchev–Trinajstić information content (AvgIpc) is 3.02. The molecule has 140 valence electrons. The van der Waals surface area contributed by atoms with Gasteiger partial charge in [-0.2, -0.15) is 0 Å². The van der Waals surface area contributed by atoms with Gasteiger partial charge >= 0.3 is 0 Å². The number of carbonyl (C=O) groups excluding carboxylic acids is 1. The molecule has 1 aromatic heterocycles. The van der Waals surface area contributed by atoms with Crippen LogP contribution in [0.2, 0.25) is 0 Å². The summed E-state index contributed by atoms with van der Waals surface area (Å²) in [7, 11) is 0. The summed E-state index contributed by atoms with van der Waals surface area (Å²) >= 11 is 0. The third kappa shape index (κ3) is 3.34. The highest BCUT2D eigenvalue weighted by atomic mass is 19.1. The maximum absolute atomic E-state index is 12.8. The first kappa shape index (κ1) is 17.7. The number of aromatic nitrogens is 1. The first-order chi connectivity index (χ1) is 13.2. The van der Waals surface area contributed by atoms with Crippen LogP contribution in [0.3, 0.4) is 0 Å². The van der Waals surface area contributed by atoms with Gasteiger partial charge in [0, 0.05) is 54.8 Å². The summed E-state index contributed by atoms with van der Waals surface area (Å²) in [5.41, 5.74) is 6.94. The number of benzene rings is 2. The highest BCUT2D eigenvalue weighted by Gasteiger charge is 2.23. The van der Waals surface area contributed by atoms with Crippen molar-refractivity contribution in [2.75, 3.05) is 19.8 Å². The molecule has 0 unspecified atom stereocenters. The fraction of sp³-hybridized carbons (Fsp3) is 0.286. The van der Waals surface area contributed by atoms with Crippen molar-refractivity contribution in [1.82, 2.24) is 14.9 Å². The van der Waals surface area contributed by atoms with Gasteiger partial charge in [0.05, 0.1) is 0 Å². The van der Waals surface area contributed by atoms with Crippen molar-refractivity contribution in [1.29, 1.82) is 0 Å². The Bertz CT molecular complexity index is 965. The summed E-state index contributed by atoms with van der Waals surface area (Å²) in [6.07, 6.45) is 0.898. The van der Waals surface area contributed by atoms with Gasteiger partial charge < -0.3 is 4.57 Å². The molecule has 3 aromatic rings. The molecule has 2 N–H and O–H groups in total. The van der Waals surface area contributed by atoms with Crippen LogP contribution < -0.4 is 5.48 Å². The summed E-state index contributed by atoms with van der Waals surface area (Å²) in [5, 5.41) is 9.97. The summed E-state index contributed by atoms with van der Waals surface area (Å²) in [4.78, 5) is 13.7. The Kier molecular flexibility index (Phi) is 4.92. The molecule has 5 nitrogen and oxygen atoms in total. The van der Waals surface area contributed by atoms with Gasteiger partial charge in [0.2, 0.25) is 0 Å². The molecule has 0 saturated carbocycles. The molecule has 6 heteroatoms. The Morgan fingerprint density at radius 3 is 2.67 bits per heavy atom. The topological polar surface area (TPSA) is 57.5 Å². The van der Waals surface area contributed by atoms with Gasteiger partial charge in [0.1, 0.15) is 6.67 Å². The maximum Gasteiger partial charge on any atom is 0.274 e. The first-order valence-electron chi connectivity index (χ1n) is 9.12. The number of hydrogen-bond donors (Lipinski definition) is 2. The Hall–Kier alpha value is -2.70. The smallest absolute Gasteiger partial charge is 0.274 e. The van der Waals surface area contributed by atoms with E-state index in [4.69, 9.17) is 5.21 Å². The molecule has 27 heavy (non-hydrogen) atoms.